The summed E-state index contributed by atoms with van der Waals surface area (Å²) < 4.78 is 36.3. The van der Waals surface area contributed by atoms with Gasteiger partial charge in [-0.3, -0.25) is 19.2 Å². The van der Waals surface area contributed by atoms with Gasteiger partial charge in [-0.2, -0.15) is 17.4 Å². The second-order valence-electron chi connectivity index (χ2n) is 13.4. The van der Waals surface area contributed by atoms with Crippen LogP contribution in [0.15, 0.2) is 97.1 Å². The smallest absolute Gasteiger partial charge is 0.327 e. The number of pyridine rings is 1. The number of nitrogens with zero attached hydrogens (tertiary/aromatic N) is 2. The number of fused-ring (bicyclic) bond motifs is 1. The maximum atomic E-state index is 13.8. The fourth-order valence-corrected chi connectivity index (χ4v) is 7.24. The molecule has 0 aliphatic carbocycles. The molecular formula is C38H46N6O8S. The molecule has 0 unspecified atom stereocenters. The quantitative estimate of drug-likeness (QED) is 0.0946. The largest absolute Gasteiger partial charge is 0.459 e. The molecule has 0 spiro atoms. The first-order valence-electron chi connectivity index (χ1n) is 17.0. The Labute approximate surface area is 309 Å². The maximum absolute atomic E-state index is 13.8. The number of nitrogens with one attached hydrogen (secondary N) is 3. The molecule has 53 heavy (non-hydrogen) atoms. The number of rotatable bonds is 18. The van der Waals surface area contributed by atoms with E-state index in [0.29, 0.717) is 11.1 Å². The number of para-hydroxylation sites is 1. The van der Waals surface area contributed by atoms with Crippen molar-refractivity contribution in [1.82, 2.24) is 24.6 Å². The summed E-state index contributed by atoms with van der Waals surface area (Å²) in [6.07, 6.45) is -2.03. The Kier molecular flexibility index (Phi) is 13.8. The summed E-state index contributed by atoms with van der Waals surface area (Å²) in [6.45, 7) is 5.35. The van der Waals surface area contributed by atoms with E-state index in [1.165, 1.54) is 19.9 Å². The van der Waals surface area contributed by atoms with Crippen LogP contribution in [0.25, 0.3) is 10.9 Å². The predicted octanol–water partition coefficient (Wildman–Crippen LogP) is 2.36. The van der Waals surface area contributed by atoms with Gasteiger partial charge in [-0.15, -0.1) is 0 Å². The number of carbonyl (C=O) groups excluding carboxylic acids is 4. The van der Waals surface area contributed by atoms with Gasteiger partial charge in [0.15, 0.2) is 0 Å². The van der Waals surface area contributed by atoms with Crippen molar-refractivity contribution in [3.63, 3.8) is 0 Å². The molecule has 14 nitrogen and oxygen atoms in total. The molecule has 15 heteroatoms. The summed E-state index contributed by atoms with van der Waals surface area (Å²) >= 11 is 0. The van der Waals surface area contributed by atoms with Crippen molar-refractivity contribution in [2.24, 2.45) is 5.73 Å². The number of esters is 1. The second kappa shape index (κ2) is 18.0. The first kappa shape index (κ1) is 40.5. The molecule has 1 heterocycles. The highest BCUT2D eigenvalue weighted by Gasteiger charge is 2.39. The lowest BCUT2D eigenvalue weighted by molar-refractivity contribution is -0.150. The number of hydrogen-bond donors (Lipinski definition) is 5. The van der Waals surface area contributed by atoms with Gasteiger partial charge in [0, 0.05) is 18.0 Å². The van der Waals surface area contributed by atoms with E-state index in [4.69, 9.17) is 10.5 Å². The molecule has 0 aliphatic rings. The number of aliphatic hydroxyl groups is 1. The normalized spacial score (nSPS) is 13.6. The number of amides is 3. The third-order valence-corrected chi connectivity index (χ3v) is 10.3. The molecular weight excluding hydrogens is 701 g/mol. The highest BCUT2D eigenvalue weighted by molar-refractivity contribution is 7.87. The first-order chi connectivity index (χ1) is 25.1. The van der Waals surface area contributed by atoms with Crippen molar-refractivity contribution in [2.75, 3.05) is 6.54 Å². The SMILES string of the molecule is CC(C)N(C[C@@H](O)[C@H](Cc1ccccc1)NC(=O)[C@H](CC(N)=O)NC(=O)c1ccc2ccccc2n1)S(=O)(=O)NC(C)(C)C(=O)OCc1ccccc1. The van der Waals surface area contributed by atoms with E-state index >= 15 is 0 Å². The number of hydrogen-bond acceptors (Lipinski definition) is 9. The molecule has 0 saturated heterocycles. The van der Waals surface area contributed by atoms with E-state index in [1.54, 1.807) is 86.6 Å². The third-order valence-electron chi connectivity index (χ3n) is 8.31. The molecule has 3 atom stereocenters. The molecule has 0 fully saturated rings. The van der Waals surface area contributed by atoms with Crippen LogP contribution in [0.5, 0.6) is 0 Å². The minimum Gasteiger partial charge on any atom is -0.459 e. The Morgan fingerprint density at radius 3 is 2.09 bits per heavy atom. The summed E-state index contributed by atoms with van der Waals surface area (Å²) in [5.74, 6) is -3.25. The molecule has 4 aromatic rings. The van der Waals surface area contributed by atoms with Gasteiger partial charge in [-0.1, -0.05) is 84.9 Å². The van der Waals surface area contributed by atoms with Crippen LogP contribution in [0.4, 0.5) is 0 Å². The van der Waals surface area contributed by atoms with Gasteiger partial charge in [0.1, 0.15) is 23.9 Å². The molecule has 1 aromatic heterocycles. The van der Waals surface area contributed by atoms with Crippen LogP contribution in [0, 0.1) is 0 Å². The maximum Gasteiger partial charge on any atom is 0.327 e. The van der Waals surface area contributed by atoms with E-state index in [1.807, 2.05) is 18.2 Å². The zero-order valence-electron chi connectivity index (χ0n) is 30.1. The lowest BCUT2D eigenvalue weighted by atomic mass is 10.00. The average Bonchev–Trinajstić information content (AvgIpc) is 3.11. The second-order valence-corrected chi connectivity index (χ2v) is 15.0. The van der Waals surface area contributed by atoms with E-state index in [0.717, 1.165) is 15.3 Å². The van der Waals surface area contributed by atoms with E-state index in [-0.39, 0.29) is 18.7 Å². The van der Waals surface area contributed by atoms with Gasteiger partial charge < -0.3 is 26.2 Å². The van der Waals surface area contributed by atoms with Crippen LogP contribution in [-0.2, 0) is 42.4 Å². The van der Waals surface area contributed by atoms with Crippen molar-refractivity contribution >= 4 is 44.8 Å². The summed E-state index contributed by atoms with van der Waals surface area (Å²) in [4.78, 5) is 56.4. The summed E-state index contributed by atoms with van der Waals surface area (Å²) in [7, 11) is -4.45. The van der Waals surface area contributed by atoms with E-state index in [2.05, 4.69) is 20.3 Å². The van der Waals surface area contributed by atoms with Crippen LogP contribution in [0.3, 0.4) is 0 Å². The fourth-order valence-electron chi connectivity index (χ4n) is 5.49. The summed E-state index contributed by atoms with van der Waals surface area (Å²) in [6, 6.07) is 24.8. The molecule has 282 valence electrons. The monoisotopic (exact) mass is 746 g/mol. The number of benzene rings is 3. The molecule has 6 N–H and O–H groups in total. The number of nitrogens with two attached hydrogens (primary N) is 1. The third kappa shape index (κ3) is 11.6. The Morgan fingerprint density at radius 1 is 0.868 bits per heavy atom. The molecule has 3 aromatic carbocycles. The molecule has 3 amide bonds. The van der Waals surface area contributed by atoms with Gasteiger partial charge in [0.05, 0.1) is 24.1 Å². The lowest BCUT2D eigenvalue weighted by Gasteiger charge is -2.34. The van der Waals surface area contributed by atoms with Crippen molar-refractivity contribution in [2.45, 2.75) is 76.9 Å². The first-order valence-corrected chi connectivity index (χ1v) is 18.5. The van der Waals surface area contributed by atoms with Crippen molar-refractivity contribution in [3.05, 3.63) is 114 Å². The highest BCUT2D eigenvalue weighted by Crippen LogP contribution is 2.17. The van der Waals surface area contributed by atoms with Gasteiger partial charge in [-0.25, -0.2) is 4.98 Å². The molecule has 4 rings (SSSR count). The number of ether oxygens (including phenoxy) is 1. The number of aromatic nitrogens is 1. The highest BCUT2D eigenvalue weighted by atomic mass is 32.2. The van der Waals surface area contributed by atoms with Crippen LogP contribution in [0.1, 0.15) is 55.7 Å². The van der Waals surface area contributed by atoms with Gasteiger partial charge >= 0.3 is 5.97 Å². The molecule has 0 saturated carbocycles. The van der Waals surface area contributed by atoms with Crippen LogP contribution in [0.2, 0.25) is 0 Å². The topological polar surface area (TPSA) is 210 Å². The van der Waals surface area contributed by atoms with E-state index in [9.17, 15) is 32.7 Å². The number of aliphatic hydroxyl groups excluding tert-OH is 1. The Bertz CT molecular complexity index is 1990. The Morgan fingerprint density at radius 2 is 1.47 bits per heavy atom. The molecule has 0 bridgehead atoms. The fraction of sp³-hybridized carbons (Fsp3) is 0.342. The number of primary amides is 1. The van der Waals surface area contributed by atoms with Gasteiger partial charge in [-0.05, 0) is 57.4 Å². The Balaban J connectivity index is 1.52. The van der Waals surface area contributed by atoms with Crippen molar-refractivity contribution < 1.29 is 37.4 Å². The average molecular weight is 747 g/mol. The molecule has 0 aliphatic heterocycles. The van der Waals surface area contributed by atoms with Crippen molar-refractivity contribution in [3.8, 4) is 0 Å². The number of carbonyl (C=O) groups is 4. The van der Waals surface area contributed by atoms with Crippen LogP contribution < -0.4 is 21.1 Å². The minimum atomic E-state index is -4.45. The predicted molar refractivity (Wildman–Crippen MR) is 199 cm³/mol. The summed E-state index contributed by atoms with van der Waals surface area (Å²) in [5.41, 5.74) is 5.74. The van der Waals surface area contributed by atoms with Crippen molar-refractivity contribution in [1.29, 1.82) is 0 Å². The van der Waals surface area contributed by atoms with Gasteiger partial charge in [0.25, 0.3) is 16.1 Å². The zero-order valence-corrected chi connectivity index (χ0v) is 30.9. The zero-order chi connectivity index (χ0) is 38.8. The van der Waals surface area contributed by atoms with Crippen LogP contribution >= 0.6 is 0 Å². The Hall–Kier alpha value is -5.22. The van der Waals surface area contributed by atoms with Gasteiger partial charge in [0.2, 0.25) is 11.8 Å². The van der Waals surface area contributed by atoms with E-state index < -0.39 is 76.6 Å². The lowest BCUT2D eigenvalue weighted by Crippen LogP contribution is -2.60. The van der Waals surface area contributed by atoms with Crippen LogP contribution in [-0.4, -0.2) is 82.8 Å². The standard InChI is InChI=1S/C38H46N6O8S/c1-25(2)44(53(50,51)43-38(3,4)37(49)52-24-27-15-9-6-10-16-27)23-33(45)31(21-26-13-7-5-8-14-26)41-36(48)32(22-34(39)46)42-35(47)30-20-19-28-17-11-12-18-29(28)40-30/h5-20,25,31-33,43,45H,21-24H2,1-4H3,(H2,39,46)(H,41,48)(H,42,47)/t31-,32-,33+/m0/s1. The summed E-state index contributed by atoms with van der Waals surface area (Å²) in [5, 5.41) is 17.6. The minimum absolute atomic E-state index is 0.00370. The molecule has 0 radical (unpaired) electrons.